The van der Waals surface area contributed by atoms with Crippen molar-refractivity contribution in [3.8, 4) is 0 Å². The van der Waals surface area contributed by atoms with E-state index in [9.17, 15) is 24.3 Å². The first-order valence-corrected chi connectivity index (χ1v) is 11.4. The second kappa shape index (κ2) is 10.7. The zero-order valence-electron chi connectivity index (χ0n) is 21.5. The van der Waals surface area contributed by atoms with Gasteiger partial charge in [0.05, 0.1) is 32.3 Å². The molecule has 200 valence electrons. The summed E-state index contributed by atoms with van der Waals surface area (Å²) in [6, 6.07) is -1.33. The number of fused-ring (bicyclic) bond motifs is 1. The second-order valence-corrected chi connectivity index (χ2v) is 10.8. The van der Waals surface area contributed by atoms with E-state index in [-0.39, 0.29) is 19.4 Å². The summed E-state index contributed by atoms with van der Waals surface area (Å²) in [6.07, 6.45) is -5.48. The number of ether oxygens (including phenoxy) is 6. The third-order valence-electron chi connectivity index (χ3n) is 5.59. The van der Waals surface area contributed by atoms with Gasteiger partial charge in [-0.1, -0.05) is 0 Å². The monoisotopic (exact) mass is 503 g/mol. The topological polar surface area (TPSA) is 156 Å². The molecule has 0 saturated carbocycles. The van der Waals surface area contributed by atoms with Crippen LogP contribution in [0.25, 0.3) is 0 Å². The van der Waals surface area contributed by atoms with E-state index in [1.807, 2.05) is 0 Å². The van der Waals surface area contributed by atoms with E-state index in [4.69, 9.17) is 28.4 Å². The SMILES string of the molecule is COC(=O)[C@H](C[C@]1(C(=O)OC)C[C@H]2OC[C@H](OC(=O)C(C)(C)C)[C@H](O)[C@H]2O1)NC(=O)OC(C)(C)C. The number of methoxy groups -OCH3 is 2. The fourth-order valence-electron chi connectivity index (χ4n) is 3.86. The number of alkyl carbamates (subject to hydrolysis) is 1. The van der Waals surface area contributed by atoms with Crippen LogP contribution in [0.2, 0.25) is 0 Å². The van der Waals surface area contributed by atoms with Crippen molar-refractivity contribution < 1.29 is 52.7 Å². The van der Waals surface area contributed by atoms with Gasteiger partial charge in [0.15, 0.2) is 11.7 Å². The molecule has 2 heterocycles. The van der Waals surface area contributed by atoms with Crippen LogP contribution in [0, 0.1) is 5.41 Å². The zero-order chi connectivity index (χ0) is 26.8. The first-order valence-electron chi connectivity index (χ1n) is 11.4. The molecule has 35 heavy (non-hydrogen) atoms. The van der Waals surface area contributed by atoms with Gasteiger partial charge >= 0.3 is 24.0 Å². The normalized spacial score (nSPS) is 29.4. The van der Waals surface area contributed by atoms with Crippen molar-refractivity contribution in [3.05, 3.63) is 0 Å². The van der Waals surface area contributed by atoms with E-state index in [2.05, 4.69) is 5.32 Å². The molecule has 6 atom stereocenters. The molecule has 0 spiro atoms. The van der Waals surface area contributed by atoms with Gasteiger partial charge < -0.3 is 38.8 Å². The lowest BCUT2D eigenvalue weighted by Gasteiger charge is -2.36. The van der Waals surface area contributed by atoms with Crippen LogP contribution in [0.5, 0.6) is 0 Å². The van der Waals surface area contributed by atoms with Crippen molar-refractivity contribution in [1.29, 1.82) is 0 Å². The molecular formula is C23H37NO11. The smallest absolute Gasteiger partial charge is 0.408 e. The van der Waals surface area contributed by atoms with Gasteiger partial charge in [0.1, 0.15) is 23.9 Å². The van der Waals surface area contributed by atoms with Gasteiger partial charge in [-0.3, -0.25) is 4.79 Å². The van der Waals surface area contributed by atoms with Gasteiger partial charge in [-0.15, -0.1) is 0 Å². The summed E-state index contributed by atoms with van der Waals surface area (Å²) in [5.74, 6) is -2.20. The Morgan fingerprint density at radius 3 is 2.23 bits per heavy atom. The van der Waals surface area contributed by atoms with Crippen LogP contribution in [-0.4, -0.2) is 91.6 Å². The zero-order valence-corrected chi connectivity index (χ0v) is 21.5. The van der Waals surface area contributed by atoms with E-state index < -0.39 is 71.1 Å². The number of carbonyl (C=O) groups excluding carboxylic acids is 4. The summed E-state index contributed by atoms with van der Waals surface area (Å²) < 4.78 is 32.1. The molecule has 0 bridgehead atoms. The third-order valence-corrected chi connectivity index (χ3v) is 5.59. The Balaban J connectivity index is 2.25. The molecule has 2 rings (SSSR count). The molecule has 0 radical (unpaired) electrons. The average Bonchev–Trinajstić information content (AvgIpc) is 3.12. The van der Waals surface area contributed by atoms with Crippen LogP contribution in [0.1, 0.15) is 54.4 Å². The Morgan fingerprint density at radius 1 is 1.09 bits per heavy atom. The average molecular weight is 504 g/mol. The molecule has 2 fully saturated rings. The van der Waals surface area contributed by atoms with Crippen LogP contribution in [0.15, 0.2) is 0 Å². The summed E-state index contributed by atoms with van der Waals surface area (Å²) in [6.45, 7) is 9.88. The third kappa shape index (κ3) is 7.05. The fraction of sp³-hybridized carbons (Fsp3) is 0.826. The standard InChI is InChI=1S/C23H37NO11/c1-21(2,3)18(27)33-14-11-32-13-10-23(19(28)31-8,34-16(13)15(14)25)9-12(17(26)30-7)24-20(29)35-22(4,5)6/h12-16,25H,9-11H2,1-8H3,(H,24,29)/t12-,13+,14-,15-,16-,23+/m0/s1. The highest BCUT2D eigenvalue weighted by atomic mass is 16.6. The first kappa shape index (κ1) is 28.8. The molecule has 0 aromatic rings. The minimum Gasteiger partial charge on any atom is -0.467 e. The van der Waals surface area contributed by atoms with Crippen molar-refractivity contribution in [1.82, 2.24) is 5.32 Å². The molecule has 2 N–H and O–H groups in total. The van der Waals surface area contributed by atoms with Crippen molar-refractivity contribution >= 4 is 24.0 Å². The number of hydrogen-bond acceptors (Lipinski definition) is 11. The Morgan fingerprint density at radius 2 is 1.71 bits per heavy atom. The molecule has 1 amide bonds. The maximum Gasteiger partial charge on any atom is 0.408 e. The van der Waals surface area contributed by atoms with Crippen LogP contribution in [0.4, 0.5) is 4.79 Å². The minimum atomic E-state index is -1.76. The molecule has 0 unspecified atom stereocenters. The number of rotatable bonds is 6. The van der Waals surface area contributed by atoms with Crippen LogP contribution < -0.4 is 5.32 Å². The maximum atomic E-state index is 12.9. The maximum absolute atomic E-state index is 12.9. The first-order chi connectivity index (χ1) is 16.0. The van der Waals surface area contributed by atoms with Gasteiger partial charge in [-0.25, -0.2) is 14.4 Å². The number of aliphatic hydroxyl groups is 1. The Bertz CT molecular complexity index is 815. The van der Waals surface area contributed by atoms with Crippen molar-refractivity contribution in [2.45, 2.75) is 96.0 Å². The van der Waals surface area contributed by atoms with Crippen molar-refractivity contribution in [2.75, 3.05) is 20.8 Å². The summed E-state index contributed by atoms with van der Waals surface area (Å²) >= 11 is 0. The number of hydrogen-bond donors (Lipinski definition) is 2. The van der Waals surface area contributed by atoms with Crippen LogP contribution in [0.3, 0.4) is 0 Å². The lowest BCUT2D eigenvalue weighted by atomic mass is 9.89. The number of carbonyl (C=O) groups is 4. The van der Waals surface area contributed by atoms with Crippen molar-refractivity contribution in [3.63, 3.8) is 0 Å². The van der Waals surface area contributed by atoms with E-state index in [0.717, 1.165) is 14.2 Å². The van der Waals surface area contributed by atoms with Crippen LogP contribution >= 0.6 is 0 Å². The summed E-state index contributed by atoms with van der Waals surface area (Å²) in [7, 11) is 2.28. The summed E-state index contributed by atoms with van der Waals surface area (Å²) in [5, 5.41) is 13.3. The molecule has 0 aromatic heterocycles. The summed E-state index contributed by atoms with van der Waals surface area (Å²) in [5.41, 5.74) is -3.40. The number of nitrogens with one attached hydrogen (secondary N) is 1. The molecular weight excluding hydrogens is 466 g/mol. The van der Waals surface area contributed by atoms with E-state index >= 15 is 0 Å². The summed E-state index contributed by atoms with van der Waals surface area (Å²) in [4.78, 5) is 50.0. The molecule has 12 heteroatoms. The number of aliphatic hydroxyl groups excluding tert-OH is 1. The predicted molar refractivity (Wildman–Crippen MR) is 119 cm³/mol. The minimum absolute atomic E-state index is 0.0785. The highest BCUT2D eigenvalue weighted by molar-refractivity contribution is 5.85. The van der Waals surface area contributed by atoms with E-state index in [1.54, 1.807) is 41.5 Å². The molecule has 12 nitrogen and oxygen atoms in total. The van der Waals surface area contributed by atoms with Gasteiger partial charge in [-0.05, 0) is 41.5 Å². The quantitative estimate of drug-likeness (QED) is 0.391. The van der Waals surface area contributed by atoms with Gasteiger partial charge in [0, 0.05) is 12.8 Å². The fourth-order valence-corrected chi connectivity index (χ4v) is 3.86. The van der Waals surface area contributed by atoms with Crippen LogP contribution in [-0.2, 0) is 42.8 Å². The molecule has 2 aliphatic heterocycles. The predicted octanol–water partition coefficient (Wildman–Crippen LogP) is 0.861. The highest BCUT2D eigenvalue weighted by Crippen LogP contribution is 2.41. The largest absolute Gasteiger partial charge is 0.467 e. The molecule has 0 aromatic carbocycles. The Hall–Kier alpha value is -2.44. The van der Waals surface area contributed by atoms with E-state index in [0.29, 0.717) is 0 Å². The second-order valence-electron chi connectivity index (χ2n) is 10.8. The Labute approximate surface area is 204 Å². The lowest BCUT2D eigenvalue weighted by molar-refractivity contribution is -0.213. The van der Waals surface area contributed by atoms with Gasteiger partial charge in [-0.2, -0.15) is 0 Å². The van der Waals surface area contributed by atoms with E-state index in [1.165, 1.54) is 0 Å². The molecule has 2 aliphatic rings. The van der Waals surface area contributed by atoms with Crippen molar-refractivity contribution in [2.24, 2.45) is 5.41 Å². The van der Waals surface area contributed by atoms with Gasteiger partial charge in [0.2, 0.25) is 0 Å². The lowest BCUT2D eigenvalue weighted by Crippen LogP contribution is -2.54. The highest BCUT2D eigenvalue weighted by Gasteiger charge is 2.59. The van der Waals surface area contributed by atoms with Gasteiger partial charge in [0.25, 0.3) is 0 Å². The molecule has 2 saturated heterocycles. The number of amides is 1. The Kier molecular flexibility index (Phi) is 8.78. The number of esters is 3. The molecule has 0 aliphatic carbocycles.